The molecule has 0 bridgehead atoms. The molecule has 0 aliphatic carbocycles. The number of hydrogen-bond acceptors (Lipinski definition) is 6. The summed E-state index contributed by atoms with van der Waals surface area (Å²) >= 11 is 6.53. The SMILES string of the molecule is CC(=O)Nc1ccc(/C=C2\SC(=S)N(CCCCCC(=O)[O-])C2=O)cc1. The third-order valence-corrected chi connectivity index (χ3v) is 5.04. The second-order valence-electron chi connectivity index (χ2n) is 5.82. The molecule has 1 aliphatic heterocycles. The van der Waals surface area contributed by atoms with Crippen molar-refractivity contribution in [1.82, 2.24) is 4.90 Å². The summed E-state index contributed by atoms with van der Waals surface area (Å²) in [5.41, 5.74) is 1.53. The fourth-order valence-electron chi connectivity index (χ4n) is 2.43. The van der Waals surface area contributed by atoms with Gasteiger partial charge < -0.3 is 15.2 Å². The van der Waals surface area contributed by atoms with Gasteiger partial charge in [-0.15, -0.1) is 0 Å². The summed E-state index contributed by atoms with van der Waals surface area (Å²) in [7, 11) is 0. The van der Waals surface area contributed by atoms with Crippen LogP contribution in [-0.4, -0.2) is 33.5 Å². The van der Waals surface area contributed by atoms with Gasteiger partial charge in [0.15, 0.2) is 0 Å². The van der Waals surface area contributed by atoms with E-state index in [-0.39, 0.29) is 18.2 Å². The molecule has 1 heterocycles. The van der Waals surface area contributed by atoms with E-state index in [0.29, 0.717) is 40.7 Å². The molecule has 1 fully saturated rings. The zero-order chi connectivity index (χ0) is 19.1. The lowest BCUT2D eigenvalue weighted by Crippen LogP contribution is -2.29. The van der Waals surface area contributed by atoms with E-state index >= 15 is 0 Å². The van der Waals surface area contributed by atoms with Gasteiger partial charge in [0.25, 0.3) is 5.91 Å². The number of carbonyl (C=O) groups is 3. The van der Waals surface area contributed by atoms with Crippen molar-refractivity contribution in [2.24, 2.45) is 0 Å². The summed E-state index contributed by atoms with van der Waals surface area (Å²) in [5.74, 6) is -1.33. The fraction of sp³-hybridized carbons (Fsp3) is 0.333. The fourth-order valence-corrected chi connectivity index (χ4v) is 3.73. The normalized spacial score (nSPS) is 15.6. The second kappa shape index (κ2) is 9.49. The number of hydrogen-bond donors (Lipinski definition) is 1. The van der Waals surface area contributed by atoms with E-state index in [4.69, 9.17) is 12.2 Å². The van der Waals surface area contributed by atoms with Crippen molar-refractivity contribution in [2.45, 2.75) is 32.6 Å². The number of benzene rings is 1. The molecule has 0 unspecified atom stereocenters. The standard InChI is InChI=1S/C18H20N2O4S2/c1-12(21)19-14-8-6-13(7-9-14)11-15-17(24)20(18(25)26-15)10-4-2-3-5-16(22)23/h6-9,11H,2-5,10H2,1H3,(H,19,21)(H,22,23)/p-1/b15-11-. The Balaban J connectivity index is 1.93. The first kappa shape index (κ1) is 20.1. The maximum absolute atomic E-state index is 12.5. The number of carboxylic acids is 1. The number of thiocarbonyl (C=S) groups is 1. The van der Waals surface area contributed by atoms with E-state index in [1.807, 2.05) is 12.1 Å². The molecule has 2 rings (SSSR count). The van der Waals surface area contributed by atoms with Crippen LogP contribution in [0.1, 0.15) is 38.2 Å². The van der Waals surface area contributed by atoms with Gasteiger partial charge in [-0.05, 0) is 43.0 Å². The van der Waals surface area contributed by atoms with Gasteiger partial charge in [-0.25, -0.2) is 0 Å². The minimum absolute atomic E-state index is 0.0345. The molecule has 0 aromatic heterocycles. The van der Waals surface area contributed by atoms with Gasteiger partial charge in [0.1, 0.15) is 4.32 Å². The van der Waals surface area contributed by atoms with Crippen LogP contribution in [0.5, 0.6) is 0 Å². The van der Waals surface area contributed by atoms with Gasteiger partial charge in [0.05, 0.1) is 4.91 Å². The Morgan fingerprint density at radius 3 is 2.54 bits per heavy atom. The molecule has 0 radical (unpaired) electrons. The molecule has 1 aromatic rings. The minimum atomic E-state index is -1.05. The topological polar surface area (TPSA) is 89.5 Å². The number of thioether (sulfide) groups is 1. The highest BCUT2D eigenvalue weighted by molar-refractivity contribution is 8.26. The molecule has 0 saturated carbocycles. The highest BCUT2D eigenvalue weighted by Crippen LogP contribution is 2.32. The van der Waals surface area contributed by atoms with Gasteiger partial charge in [0, 0.05) is 25.1 Å². The summed E-state index contributed by atoms with van der Waals surface area (Å²) in [6, 6.07) is 7.17. The molecule has 1 aliphatic rings. The van der Waals surface area contributed by atoms with E-state index in [0.717, 1.165) is 5.56 Å². The van der Waals surface area contributed by atoms with Crippen LogP contribution >= 0.6 is 24.0 Å². The molecular formula is C18H19N2O4S2-. The quantitative estimate of drug-likeness (QED) is 0.415. The van der Waals surface area contributed by atoms with Crippen LogP contribution in [0.4, 0.5) is 5.69 Å². The summed E-state index contributed by atoms with van der Waals surface area (Å²) < 4.78 is 0.510. The Morgan fingerprint density at radius 2 is 1.92 bits per heavy atom. The largest absolute Gasteiger partial charge is 0.550 e. The van der Waals surface area contributed by atoms with Gasteiger partial charge in [-0.1, -0.05) is 42.5 Å². The molecule has 6 nitrogen and oxygen atoms in total. The summed E-state index contributed by atoms with van der Waals surface area (Å²) in [6.45, 7) is 1.92. The highest BCUT2D eigenvalue weighted by Gasteiger charge is 2.31. The number of aliphatic carboxylic acids is 1. The van der Waals surface area contributed by atoms with Crippen molar-refractivity contribution in [1.29, 1.82) is 0 Å². The Morgan fingerprint density at radius 1 is 1.23 bits per heavy atom. The average molecular weight is 391 g/mol. The number of nitrogens with zero attached hydrogens (tertiary/aromatic N) is 1. The summed E-state index contributed by atoms with van der Waals surface area (Å²) in [5, 5.41) is 13.1. The lowest BCUT2D eigenvalue weighted by molar-refractivity contribution is -0.305. The lowest BCUT2D eigenvalue weighted by Gasteiger charge is -2.14. The Labute approximate surface area is 161 Å². The van der Waals surface area contributed by atoms with Gasteiger partial charge in [-0.3, -0.25) is 14.5 Å². The van der Waals surface area contributed by atoms with Crippen molar-refractivity contribution in [3.8, 4) is 0 Å². The van der Waals surface area contributed by atoms with E-state index in [9.17, 15) is 19.5 Å². The Bertz CT molecular complexity index is 744. The molecule has 8 heteroatoms. The van der Waals surface area contributed by atoms with Crippen LogP contribution in [0.3, 0.4) is 0 Å². The van der Waals surface area contributed by atoms with E-state index in [1.165, 1.54) is 18.7 Å². The smallest absolute Gasteiger partial charge is 0.266 e. The van der Waals surface area contributed by atoms with Crippen molar-refractivity contribution in [3.63, 3.8) is 0 Å². The maximum Gasteiger partial charge on any atom is 0.266 e. The van der Waals surface area contributed by atoms with Crippen molar-refractivity contribution < 1.29 is 19.5 Å². The van der Waals surface area contributed by atoms with Crippen LogP contribution in [0.2, 0.25) is 0 Å². The zero-order valence-electron chi connectivity index (χ0n) is 14.3. The Kier molecular flexibility index (Phi) is 7.35. The molecule has 1 aromatic carbocycles. The molecular weight excluding hydrogens is 372 g/mol. The van der Waals surface area contributed by atoms with Crippen LogP contribution in [0.15, 0.2) is 29.2 Å². The third-order valence-electron chi connectivity index (χ3n) is 3.67. The second-order valence-corrected chi connectivity index (χ2v) is 7.49. The molecule has 0 atom stereocenters. The predicted molar refractivity (Wildman–Crippen MR) is 104 cm³/mol. The van der Waals surface area contributed by atoms with E-state index < -0.39 is 5.97 Å². The lowest BCUT2D eigenvalue weighted by atomic mass is 10.1. The van der Waals surface area contributed by atoms with Crippen LogP contribution < -0.4 is 10.4 Å². The number of carboxylic acid groups (broad SMARTS) is 1. The number of unbranched alkanes of at least 4 members (excludes halogenated alkanes) is 2. The van der Waals surface area contributed by atoms with Crippen molar-refractivity contribution >= 4 is 57.8 Å². The van der Waals surface area contributed by atoms with Gasteiger partial charge in [-0.2, -0.15) is 0 Å². The molecule has 138 valence electrons. The first-order chi connectivity index (χ1) is 12.4. The minimum Gasteiger partial charge on any atom is -0.550 e. The van der Waals surface area contributed by atoms with Gasteiger partial charge in [0.2, 0.25) is 5.91 Å². The van der Waals surface area contributed by atoms with E-state index in [1.54, 1.807) is 23.1 Å². The monoisotopic (exact) mass is 391 g/mol. The predicted octanol–water partition coefficient (Wildman–Crippen LogP) is 2.16. The third kappa shape index (κ3) is 5.96. The molecule has 1 N–H and O–H groups in total. The number of carbonyl (C=O) groups excluding carboxylic acids is 3. The van der Waals surface area contributed by atoms with Crippen molar-refractivity contribution in [2.75, 3.05) is 11.9 Å². The highest BCUT2D eigenvalue weighted by atomic mass is 32.2. The first-order valence-electron chi connectivity index (χ1n) is 8.19. The van der Waals surface area contributed by atoms with Crippen molar-refractivity contribution in [3.05, 3.63) is 34.7 Å². The van der Waals surface area contributed by atoms with Crippen LogP contribution in [0.25, 0.3) is 6.08 Å². The Hall–Kier alpha value is -2.19. The maximum atomic E-state index is 12.5. The number of anilines is 1. The summed E-state index contributed by atoms with van der Waals surface area (Å²) in [4.78, 5) is 36.0. The number of nitrogens with one attached hydrogen (secondary N) is 1. The summed E-state index contributed by atoms with van der Waals surface area (Å²) in [6.07, 6.45) is 3.74. The zero-order valence-corrected chi connectivity index (χ0v) is 16.0. The van der Waals surface area contributed by atoms with Gasteiger partial charge >= 0.3 is 0 Å². The average Bonchev–Trinajstić information content (AvgIpc) is 2.83. The number of amides is 2. The number of rotatable bonds is 8. The molecule has 0 spiro atoms. The van der Waals surface area contributed by atoms with Crippen LogP contribution in [0, 0.1) is 0 Å². The molecule has 26 heavy (non-hydrogen) atoms. The molecule has 1 saturated heterocycles. The van der Waals surface area contributed by atoms with Crippen LogP contribution in [-0.2, 0) is 14.4 Å². The first-order valence-corrected chi connectivity index (χ1v) is 9.42. The molecule has 2 amide bonds. The van der Waals surface area contributed by atoms with E-state index in [2.05, 4.69) is 5.32 Å².